The molecule has 0 aliphatic heterocycles. The van der Waals surface area contributed by atoms with Crippen LogP contribution in [0.15, 0.2) is 53.7 Å². The minimum absolute atomic E-state index is 0.0302. The molecule has 2 aromatic carbocycles. The fourth-order valence-electron chi connectivity index (χ4n) is 3.10. The zero-order chi connectivity index (χ0) is 22.9. The molecule has 0 aromatic heterocycles. The highest BCUT2D eigenvalue weighted by atomic mass is 19.4. The molecule has 0 radical (unpaired) electrons. The lowest BCUT2D eigenvalue weighted by molar-refractivity contribution is -0.0608. The van der Waals surface area contributed by atoms with Crippen molar-refractivity contribution in [3.8, 4) is 11.5 Å². The molecule has 0 saturated heterocycles. The van der Waals surface area contributed by atoms with Crippen molar-refractivity contribution in [2.45, 2.75) is 39.8 Å². The Morgan fingerprint density at radius 1 is 1.03 bits per heavy atom. The molecule has 4 nitrogen and oxygen atoms in total. The van der Waals surface area contributed by atoms with Crippen molar-refractivity contribution in [1.82, 2.24) is 0 Å². The Hall–Kier alpha value is -2.96. The first-order valence-corrected chi connectivity index (χ1v) is 10.0. The molecule has 0 heterocycles. The summed E-state index contributed by atoms with van der Waals surface area (Å²) in [6.45, 7) is 6.92. The van der Waals surface area contributed by atoms with Crippen LogP contribution in [0.2, 0.25) is 0 Å². The van der Waals surface area contributed by atoms with Crippen LogP contribution < -0.4 is 9.47 Å². The second kappa shape index (κ2) is 11.4. The van der Waals surface area contributed by atoms with E-state index in [9.17, 15) is 13.2 Å². The van der Waals surface area contributed by atoms with Crippen molar-refractivity contribution < 1.29 is 27.5 Å². The maximum absolute atomic E-state index is 13.0. The van der Waals surface area contributed by atoms with Gasteiger partial charge in [-0.25, -0.2) is 0 Å². The molecule has 31 heavy (non-hydrogen) atoms. The first-order chi connectivity index (χ1) is 14.8. The summed E-state index contributed by atoms with van der Waals surface area (Å²) >= 11 is 0. The van der Waals surface area contributed by atoms with Crippen LogP contribution >= 0.6 is 0 Å². The van der Waals surface area contributed by atoms with Gasteiger partial charge in [-0.3, -0.25) is 0 Å². The summed E-state index contributed by atoms with van der Waals surface area (Å²) in [5, 5.41) is 3.11. The van der Waals surface area contributed by atoms with Crippen LogP contribution in [0.3, 0.4) is 0 Å². The highest BCUT2D eigenvalue weighted by molar-refractivity contribution is 6.04. The van der Waals surface area contributed by atoms with Gasteiger partial charge in [0.1, 0.15) is 25.2 Å². The van der Waals surface area contributed by atoms with Gasteiger partial charge >= 0.3 is 6.18 Å². The molecule has 2 rings (SSSR count). The van der Waals surface area contributed by atoms with Crippen LogP contribution in [0.5, 0.6) is 11.5 Å². The van der Waals surface area contributed by atoms with Crippen molar-refractivity contribution >= 4 is 5.71 Å². The summed E-state index contributed by atoms with van der Waals surface area (Å²) in [5.41, 5.74) is 1.84. The molecular formula is C24H28F3NO3. The third-order valence-corrected chi connectivity index (χ3v) is 4.55. The van der Waals surface area contributed by atoms with Crippen molar-refractivity contribution in [1.29, 1.82) is 0 Å². The molecule has 2 aromatic rings. The second-order valence-corrected chi connectivity index (χ2v) is 7.04. The van der Waals surface area contributed by atoms with E-state index >= 15 is 0 Å². The molecule has 0 saturated carbocycles. The van der Waals surface area contributed by atoms with E-state index in [0.717, 1.165) is 41.7 Å². The van der Waals surface area contributed by atoms with Crippen LogP contribution in [0.4, 0.5) is 13.2 Å². The van der Waals surface area contributed by atoms with Crippen LogP contribution in [0.25, 0.3) is 0 Å². The fourth-order valence-corrected chi connectivity index (χ4v) is 3.10. The number of aryl methyl sites for hydroxylation is 3. The lowest BCUT2D eigenvalue weighted by Crippen LogP contribution is -2.24. The number of halogens is 3. The molecule has 0 spiro atoms. The van der Waals surface area contributed by atoms with Gasteiger partial charge in [0.25, 0.3) is 0 Å². The molecule has 0 aliphatic rings. The van der Waals surface area contributed by atoms with Gasteiger partial charge < -0.3 is 14.3 Å². The maximum Gasteiger partial charge on any atom is 0.437 e. The highest BCUT2D eigenvalue weighted by Crippen LogP contribution is 2.29. The summed E-state index contributed by atoms with van der Waals surface area (Å²) in [4.78, 5) is 4.33. The largest absolute Gasteiger partial charge is 0.493 e. The van der Waals surface area contributed by atoms with E-state index in [1.54, 1.807) is 12.1 Å². The lowest BCUT2D eigenvalue weighted by Gasteiger charge is -2.14. The normalized spacial score (nSPS) is 12.3. The molecule has 0 bridgehead atoms. The smallest absolute Gasteiger partial charge is 0.437 e. The van der Waals surface area contributed by atoms with E-state index in [1.807, 2.05) is 45.1 Å². The van der Waals surface area contributed by atoms with E-state index in [4.69, 9.17) is 9.47 Å². The van der Waals surface area contributed by atoms with Gasteiger partial charge in [-0.15, -0.1) is 0 Å². The Balaban J connectivity index is 1.91. The summed E-state index contributed by atoms with van der Waals surface area (Å²) in [6, 6.07) is 10.0. The fraction of sp³-hybridized carbons (Fsp3) is 0.375. The van der Waals surface area contributed by atoms with E-state index in [0.29, 0.717) is 19.6 Å². The average molecular weight is 435 g/mol. The first kappa shape index (κ1) is 24.3. The Labute approximate surface area is 181 Å². The van der Waals surface area contributed by atoms with E-state index in [-0.39, 0.29) is 5.56 Å². The molecule has 0 fully saturated rings. The van der Waals surface area contributed by atoms with Gasteiger partial charge in [0.15, 0.2) is 5.71 Å². The molecule has 0 unspecified atom stereocenters. The van der Waals surface area contributed by atoms with Gasteiger partial charge in [0.05, 0.1) is 6.61 Å². The number of oxime groups is 1. The van der Waals surface area contributed by atoms with Gasteiger partial charge in [-0.2, -0.15) is 13.2 Å². The summed E-state index contributed by atoms with van der Waals surface area (Å²) in [6.07, 6.45) is 0.721. The SMILES string of the molecule is C/C=C/COc1cc(C)c(OCCCc2ccc(/C(=N/OC)C(F)(F)F)cc2)c(C)c1. The maximum atomic E-state index is 13.0. The van der Waals surface area contributed by atoms with Crippen molar-refractivity contribution in [2.24, 2.45) is 5.16 Å². The number of rotatable bonds is 10. The van der Waals surface area contributed by atoms with Crippen LogP contribution in [-0.2, 0) is 11.3 Å². The van der Waals surface area contributed by atoms with Gasteiger partial charge in [0, 0.05) is 5.56 Å². The van der Waals surface area contributed by atoms with Crippen molar-refractivity contribution in [2.75, 3.05) is 20.3 Å². The minimum Gasteiger partial charge on any atom is -0.493 e. The van der Waals surface area contributed by atoms with Gasteiger partial charge in [-0.05, 0) is 62.4 Å². The van der Waals surface area contributed by atoms with Gasteiger partial charge in [0.2, 0.25) is 0 Å². The number of nitrogens with zero attached hydrogens (tertiary/aromatic N) is 1. The Bertz CT molecular complexity index is 880. The third-order valence-electron chi connectivity index (χ3n) is 4.55. The highest BCUT2D eigenvalue weighted by Gasteiger charge is 2.37. The van der Waals surface area contributed by atoms with Gasteiger partial charge in [-0.1, -0.05) is 41.6 Å². The molecule has 0 amide bonds. The monoisotopic (exact) mass is 435 g/mol. The van der Waals surface area contributed by atoms with Crippen LogP contribution in [0, 0.1) is 13.8 Å². The molecule has 168 valence electrons. The topological polar surface area (TPSA) is 40.0 Å². The Kier molecular flexibility index (Phi) is 8.97. The zero-order valence-electron chi connectivity index (χ0n) is 18.3. The van der Waals surface area contributed by atoms with Crippen molar-refractivity contribution in [3.63, 3.8) is 0 Å². The van der Waals surface area contributed by atoms with E-state index in [2.05, 4.69) is 9.99 Å². The molecule has 0 atom stereocenters. The quantitative estimate of drug-likeness (QED) is 0.194. The van der Waals surface area contributed by atoms with Crippen LogP contribution in [0.1, 0.15) is 35.6 Å². The summed E-state index contributed by atoms with van der Waals surface area (Å²) < 4.78 is 50.7. The number of benzene rings is 2. The van der Waals surface area contributed by atoms with Crippen LogP contribution in [-0.4, -0.2) is 32.2 Å². The Morgan fingerprint density at radius 2 is 1.68 bits per heavy atom. The number of alkyl halides is 3. The first-order valence-electron chi connectivity index (χ1n) is 10.0. The van der Waals surface area contributed by atoms with Crippen molar-refractivity contribution in [3.05, 3.63) is 70.8 Å². The summed E-state index contributed by atoms with van der Waals surface area (Å²) in [7, 11) is 1.09. The molecule has 0 aliphatic carbocycles. The number of hydrogen-bond acceptors (Lipinski definition) is 4. The lowest BCUT2D eigenvalue weighted by atomic mass is 10.0. The molecule has 0 N–H and O–H groups in total. The summed E-state index contributed by atoms with van der Waals surface area (Å²) in [5.74, 6) is 1.63. The standard InChI is InChI=1S/C24H28F3NO3/c1-5-6-13-30-21-15-17(2)22(18(3)16-21)31-14-7-8-19-9-11-20(12-10-19)23(28-29-4)24(25,26)27/h5-6,9-12,15-16H,7-8,13-14H2,1-4H3/b6-5+,28-23-. The zero-order valence-corrected chi connectivity index (χ0v) is 18.3. The average Bonchev–Trinajstić information content (AvgIpc) is 2.71. The van der Waals surface area contributed by atoms with E-state index < -0.39 is 11.9 Å². The molecular weight excluding hydrogens is 407 g/mol. The predicted octanol–water partition coefficient (Wildman–Crippen LogP) is 6.18. The number of hydrogen-bond donors (Lipinski definition) is 0. The number of ether oxygens (including phenoxy) is 2. The number of allylic oxidation sites excluding steroid dienone is 1. The molecule has 7 heteroatoms. The minimum atomic E-state index is -4.58. The van der Waals surface area contributed by atoms with E-state index in [1.165, 1.54) is 12.1 Å². The second-order valence-electron chi connectivity index (χ2n) is 7.04. The third kappa shape index (κ3) is 7.35. The Morgan fingerprint density at radius 3 is 2.23 bits per heavy atom. The predicted molar refractivity (Wildman–Crippen MR) is 116 cm³/mol.